The van der Waals surface area contributed by atoms with Crippen LogP contribution in [0, 0.1) is 0 Å². The molecule has 7 heteroatoms. The van der Waals surface area contributed by atoms with Gasteiger partial charge in [0.2, 0.25) is 0 Å². The monoisotopic (exact) mass is 1040 g/mol. The number of benzene rings is 4. The maximum Gasteiger partial charge on any atom is 2.00 e. The molecule has 0 atom stereocenters. The zero-order chi connectivity index (χ0) is 53.4. The van der Waals surface area contributed by atoms with E-state index in [1.54, 1.807) is 0 Å². The van der Waals surface area contributed by atoms with Gasteiger partial charge in [-0.25, -0.2) is 0 Å². The Hall–Kier alpha value is -6.40. The van der Waals surface area contributed by atoms with Crippen LogP contribution in [0.15, 0.2) is 156 Å². The first-order valence-electron chi connectivity index (χ1n) is 27.1. The second kappa shape index (κ2) is 25.9. The maximum absolute atomic E-state index is 4.89. The summed E-state index contributed by atoms with van der Waals surface area (Å²) in [5, 5.41) is 0. The average molecular weight is 1040 g/mol. The van der Waals surface area contributed by atoms with Crippen LogP contribution in [0.3, 0.4) is 0 Å². The molecule has 0 spiro atoms. The van der Waals surface area contributed by atoms with E-state index in [1.807, 2.05) is 24.8 Å². The second-order valence-corrected chi connectivity index (χ2v) is 22.3. The number of hydrogen-bond acceptors (Lipinski definition) is 4. The summed E-state index contributed by atoms with van der Waals surface area (Å²) in [6, 6.07) is 43.5. The summed E-state index contributed by atoms with van der Waals surface area (Å²) in [6.45, 7) is 36.1. The zero-order valence-electron chi connectivity index (χ0n) is 47.5. The quantitative estimate of drug-likeness (QED) is 0.102. The first-order chi connectivity index (χ1) is 35.3. The van der Waals surface area contributed by atoms with Crippen molar-refractivity contribution in [2.75, 3.05) is 0 Å². The number of rotatable bonds is 14. The van der Waals surface area contributed by atoms with Gasteiger partial charge in [-0.2, -0.15) is 0 Å². The third-order valence-corrected chi connectivity index (χ3v) is 14.1. The summed E-state index contributed by atoms with van der Waals surface area (Å²) < 4.78 is 0. The van der Waals surface area contributed by atoms with Crippen LogP contribution < -0.4 is 20.9 Å². The van der Waals surface area contributed by atoms with Crippen molar-refractivity contribution in [3.05, 3.63) is 202 Å². The van der Waals surface area contributed by atoms with Crippen LogP contribution in [0.1, 0.15) is 203 Å². The Labute approximate surface area is 460 Å². The minimum absolute atomic E-state index is 0. The Morgan fingerprint density at radius 1 is 0.307 bits per heavy atom. The molecule has 0 aliphatic carbocycles. The Bertz CT molecular complexity index is 3000. The van der Waals surface area contributed by atoms with E-state index in [2.05, 4.69) is 252 Å². The summed E-state index contributed by atoms with van der Waals surface area (Å²) in [7, 11) is 0. The van der Waals surface area contributed by atoms with Gasteiger partial charge in [-0.05, 0) is 161 Å². The molecule has 0 fully saturated rings. The van der Waals surface area contributed by atoms with Crippen molar-refractivity contribution in [3.8, 4) is 44.5 Å². The minimum atomic E-state index is 0. The van der Waals surface area contributed by atoms with Crippen LogP contribution in [-0.2, 0) is 17.1 Å². The van der Waals surface area contributed by atoms with Gasteiger partial charge in [-0.15, -0.1) is 0 Å². The Balaban J connectivity index is 0.000000241. The molecule has 0 aliphatic heterocycles. The van der Waals surface area contributed by atoms with Crippen molar-refractivity contribution < 1.29 is 17.1 Å². The van der Waals surface area contributed by atoms with Crippen LogP contribution >= 0.6 is 0 Å². The number of hydrogen-bond donors (Lipinski definition) is 0. The van der Waals surface area contributed by atoms with Crippen LogP contribution in [-0.4, -0.2) is 9.97 Å². The third-order valence-electron chi connectivity index (χ3n) is 14.1. The van der Waals surface area contributed by atoms with Crippen LogP contribution in [0.5, 0.6) is 0 Å². The van der Waals surface area contributed by atoms with E-state index in [4.69, 9.17) is 9.98 Å². The zero-order valence-corrected chi connectivity index (χ0v) is 48.4. The first-order valence-corrected chi connectivity index (χ1v) is 27.1. The van der Waals surface area contributed by atoms with Gasteiger partial charge in [0.15, 0.2) is 0 Å². The fourth-order valence-electron chi connectivity index (χ4n) is 10.3. The molecule has 0 bridgehead atoms. The van der Waals surface area contributed by atoms with Gasteiger partial charge in [0.05, 0.1) is 11.6 Å². The Morgan fingerprint density at radius 2 is 0.533 bits per heavy atom. The van der Waals surface area contributed by atoms with E-state index in [9.17, 15) is 0 Å². The maximum atomic E-state index is 4.89. The van der Waals surface area contributed by atoms with Crippen molar-refractivity contribution in [3.63, 3.8) is 0 Å². The SMILES string of the molecule is CC(C)c1cccc(C(C)C)c1-c1ccnc(N=c2cc(-c3c(C(C)C)cccc3C(C)C)cc[n-]2)c1.CC(C)c1cccc(C(C)C)c1-c1ccnc(N=c2cc(-c3c(C(C)C)cccc3C(C)C)cc[n-]2)c1.[Cu+2]. The number of nitrogens with zero attached hydrogens (tertiary/aromatic N) is 6. The molecule has 6 nitrogen and oxygen atoms in total. The fraction of sp³-hybridized carbons (Fsp3) is 0.353. The molecule has 1 radical (unpaired) electrons. The minimum Gasteiger partial charge on any atom is -0.443 e. The molecule has 8 rings (SSSR count). The molecule has 75 heavy (non-hydrogen) atoms. The summed E-state index contributed by atoms with van der Waals surface area (Å²) in [4.78, 5) is 28.2. The molecule has 4 aromatic carbocycles. The molecule has 0 unspecified atom stereocenters. The van der Waals surface area contributed by atoms with E-state index < -0.39 is 0 Å². The van der Waals surface area contributed by atoms with Gasteiger partial charge in [-0.1, -0.05) is 231 Å². The summed E-state index contributed by atoms with van der Waals surface area (Å²) >= 11 is 0. The van der Waals surface area contributed by atoms with E-state index in [-0.39, 0.29) is 17.1 Å². The molecule has 393 valence electrons. The van der Waals surface area contributed by atoms with Gasteiger partial charge in [0, 0.05) is 12.4 Å². The third kappa shape index (κ3) is 13.7. The van der Waals surface area contributed by atoms with Crippen molar-refractivity contribution in [1.82, 2.24) is 19.9 Å². The van der Waals surface area contributed by atoms with Gasteiger partial charge in [0.1, 0.15) is 0 Å². The van der Waals surface area contributed by atoms with Gasteiger partial charge >= 0.3 is 17.1 Å². The second-order valence-electron chi connectivity index (χ2n) is 22.3. The van der Waals surface area contributed by atoms with Gasteiger partial charge in [0.25, 0.3) is 0 Å². The summed E-state index contributed by atoms with van der Waals surface area (Å²) in [5.74, 6) is 4.78. The molecule has 0 N–H and O–H groups in total. The molecule has 8 aromatic rings. The molecule has 0 aliphatic rings. The first kappa shape index (κ1) is 57.9. The van der Waals surface area contributed by atoms with Crippen molar-refractivity contribution >= 4 is 11.6 Å². The van der Waals surface area contributed by atoms with Crippen LogP contribution in [0.25, 0.3) is 44.5 Å². The molecule has 0 saturated heterocycles. The molecule has 4 aromatic heterocycles. The smallest absolute Gasteiger partial charge is 0.443 e. The number of aromatic nitrogens is 4. The number of pyridine rings is 4. The predicted octanol–water partition coefficient (Wildman–Crippen LogP) is 18.2. The van der Waals surface area contributed by atoms with Crippen molar-refractivity contribution in [1.29, 1.82) is 0 Å². The fourth-order valence-corrected chi connectivity index (χ4v) is 10.3. The molecular formula is C68H80CuN6. The Morgan fingerprint density at radius 3 is 0.760 bits per heavy atom. The van der Waals surface area contributed by atoms with E-state index in [0.717, 1.165) is 22.3 Å². The molecule has 4 heterocycles. The van der Waals surface area contributed by atoms with E-state index >= 15 is 0 Å². The normalized spacial score (nSPS) is 12.2. The summed E-state index contributed by atoms with van der Waals surface area (Å²) in [5.41, 5.74) is 22.1. The molecule has 0 saturated carbocycles. The average Bonchev–Trinajstić information content (AvgIpc) is 3.38. The molecule has 0 amide bonds. The predicted molar refractivity (Wildman–Crippen MR) is 313 cm³/mol. The largest absolute Gasteiger partial charge is 2.00 e. The summed E-state index contributed by atoms with van der Waals surface area (Å²) in [6.07, 6.45) is 7.46. The van der Waals surface area contributed by atoms with Gasteiger partial charge < -0.3 is 20.0 Å². The Kier molecular flexibility index (Phi) is 20.0. The standard InChI is InChI=1S/2C34H40N3.Cu/c2*1-21(2)27-11-9-12-28(22(3)4)33(27)25-15-17-35-31(19-25)37-32-20-26(16-18-36-32)34-29(23(5)6)13-10-14-30(34)24(7)8;/h2*9-24H,1-8H3;/q2*-1;+2. The van der Waals surface area contributed by atoms with Crippen molar-refractivity contribution in [2.24, 2.45) is 9.98 Å². The van der Waals surface area contributed by atoms with E-state index in [1.165, 1.54) is 66.8 Å². The van der Waals surface area contributed by atoms with Crippen LogP contribution in [0.4, 0.5) is 11.6 Å². The topological polar surface area (TPSA) is 78.7 Å². The van der Waals surface area contributed by atoms with Crippen LogP contribution in [0.2, 0.25) is 0 Å². The van der Waals surface area contributed by atoms with Gasteiger partial charge in [-0.3, -0.25) is 9.97 Å². The molecular weight excluding hydrogens is 964 g/mol. The van der Waals surface area contributed by atoms with Crippen molar-refractivity contribution in [2.45, 2.75) is 158 Å². The van der Waals surface area contributed by atoms with E-state index in [0.29, 0.717) is 70.0 Å².